The number of furan rings is 1. The van der Waals surface area contributed by atoms with E-state index in [1.54, 1.807) is 23.0 Å². The minimum Gasteiger partial charge on any atom is -0.464 e. The molecule has 0 fully saturated rings. The molecule has 3 aromatic rings. The first-order valence-electron chi connectivity index (χ1n) is 7.34. The highest BCUT2D eigenvalue weighted by Crippen LogP contribution is 2.12. The van der Waals surface area contributed by atoms with E-state index in [2.05, 4.69) is 10.1 Å². The van der Waals surface area contributed by atoms with Crippen LogP contribution in [0.1, 0.15) is 27.4 Å². The summed E-state index contributed by atoms with van der Waals surface area (Å²) in [6.45, 7) is 2.97. The Labute approximate surface area is 134 Å². The van der Waals surface area contributed by atoms with Gasteiger partial charge >= 0.3 is 0 Å². The van der Waals surface area contributed by atoms with E-state index in [9.17, 15) is 4.79 Å². The summed E-state index contributed by atoms with van der Waals surface area (Å²) in [6, 6.07) is 11.3. The van der Waals surface area contributed by atoms with E-state index >= 15 is 0 Å². The number of carbonyl (C=O) groups excluding carboxylic acids is 1. The van der Waals surface area contributed by atoms with E-state index in [4.69, 9.17) is 4.42 Å². The molecular formula is C17H18N4O2. The average Bonchev–Trinajstić information content (AvgIpc) is 3.19. The SMILES string of the molecule is Cc1ccc(CN(C)C(=O)c2ccc(Cn3cncn3)cc2)o1. The second kappa shape index (κ2) is 6.48. The van der Waals surface area contributed by atoms with Crippen LogP contribution in [0.25, 0.3) is 0 Å². The number of benzene rings is 1. The number of nitrogens with zero attached hydrogens (tertiary/aromatic N) is 4. The fourth-order valence-electron chi connectivity index (χ4n) is 2.35. The number of hydrogen-bond acceptors (Lipinski definition) is 4. The van der Waals surface area contributed by atoms with Crippen LogP contribution in [-0.2, 0) is 13.1 Å². The van der Waals surface area contributed by atoms with Crippen LogP contribution in [0.15, 0.2) is 53.5 Å². The third kappa shape index (κ3) is 3.66. The molecule has 2 aromatic heterocycles. The lowest BCUT2D eigenvalue weighted by atomic mass is 10.1. The smallest absolute Gasteiger partial charge is 0.254 e. The minimum atomic E-state index is -0.0358. The first-order chi connectivity index (χ1) is 11.1. The number of amides is 1. The van der Waals surface area contributed by atoms with E-state index in [1.807, 2.05) is 43.3 Å². The summed E-state index contributed by atoms with van der Waals surface area (Å²) < 4.78 is 7.25. The van der Waals surface area contributed by atoms with Gasteiger partial charge in [0.05, 0.1) is 13.1 Å². The predicted molar refractivity (Wildman–Crippen MR) is 84.8 cm³/mol. The van der Waals surface area contributed by atoms with Crippen molar-refractivity contribution in [2.24, 2.45) is 0 Å². The molecule has 6 nitrogen and oxygen atoms in total. The van der Waals surface area contributed by atoms with Gasteiger partial charge < -0.3 is 9.32 Å². The van der Waals surface area contributed by atoms with Crippen molar-refractivity contribution in [2.45, 2.75) is 20.0 Å². The summed E-state index contributed by atoms with van der Waals surface area (Å²) in [5, 5.41) is 4.07. The molecule has 0 bridgehead atoms. The Morgan fingerprint density at radius 1 is 1.22 bits per heavy atom. The molecule has 0 saturated heterocycles. The molecule has 3 rings (SSSR count). The van der Waals surface area contributed by atoms with Crippen LogP contribution in [0.5, 0.6) is 0 Å². The number of aryl methyl sites for hydroxylation is 1. The van der Waals surface area contributed by atoms with Crippen LogP contribution < -0.4 is 0 Å². The Balaban J connectivity index is 1.64. The fourth-order valence-corrected chi connectivity index (χ4v) is 2.35. The van der Waals surface area contributed by atoms with Gasteiger partial charge in [-0.15, -0.1) is 0 Å². The summed E-state index contributed by atoms with van der Waals surface area (Å²) in [5.41, 5.74) is 1.72. The summed E-state index contributed by atoms with van der Waals surface area (Å²) >= 11 is 0. The molecule has 0 aliphatic carbocycles. The van der Waals surface area contributed by atoms with Crippen LogP contribution >= 0.6 is 0 Å². The molecule has 118 valence electrons. The van der Waals surface area contributed by atoms with E-state index < -0.39 is 0 Å². The van der Waals surface area contributed by atoms with Gasteiger partial charge in [0.1, 0.15) is 24.2 Å². The quantitative estimate of drug-likeness (QED) is 0.726. The number of rotatable bonds is 5. The van der Waals surface area contributed by atoms with Crippen LogP contribution in [0.4, 0.5) is 0 Å². The number of carbonyl (C=O) groups is 1. The van der Waals surface area contributed by atoms with Gasteiger partial charge in [-0.25, -0.2) is 9.67 Å². The van der Waals surface area contributed by atoms with Gasteiger partial charge in [0, 0.05) is 12.6 Å². The summed E-state index contributed by atoms with van der Waals surface area (Å²) in [5.74, 6) is 1.59. The van der Waals surface area contributed by atoms with Crippen LogP contribution in [0.3, 0.4) is 0 Å². The number of hydrogen-bond donors (Lipinski definition) is 0. The summed E-state index contributed by atoms with van der Waals surface area (Å²) in [7, 11) is 1.77. The molecule has 0 spiro atoms. The Morgan fingerprint density at radius 3 is 2.61 bits per heavy atom. The normalized spacial score (nSPS) is 10.7. The van der Waals surface area contributed by atoms with Gasteiger partial charge in [0.15, 0.2) is 0 Å². The molecule has 0 unspecified atom stereocenters. The van der Waals surface area contributed by atoms with E-state index in [-0.39, 0.29) is 5.91 Å². The van der Waals surface area contributed by atoms with E-state index in [0.717, 1.165) is 17.1 Å². The molecule has 0 aliphatic heterocycles. The molecule has 6 heteroatoms. The van der Waals surface area contributed by atoms with Crippen LogP contribution in [0.2, 0.25) is 0 Å². The molecule has 0 atom stereocenters. The summed E-state index contributed by atoms with van der Waals surface area (Å²) in [4.78, 5) is 18.0. The molecule has 0 N–H and O–H groups in total. The zero-order chi connectivity index (χ0) is 16.2. The number of aromatic nitrogens is 3. The maximum atomic E-state index is 12.4. The van der Waals surface area contributed by atoms with Crippen molar-refractivity contribution in [2.75, 3.05) is 7.05 Å². The Hall–Kier alpha value is -2.89. The monoisotopic (exact) mass is 310 g/mol. The average molecular weight is 310 g/mol. The molecule has 0 saturated carbocycles. The highest BCUT2D eigenvalue weighted by atomic mass is 16.3. The maximum Gasteiger partial charge on any atom is 0.254 e. The van der Waals surface area contributed by atoms with Crippen molar-refractivity contribution in [3.8, 4) is 0 Å². The fraction of sp³-hybridized carbons (Fsp3) is 0.235. The molecule has 2 heterocycles. The van der Waals surface area contributed by atoms with Crippen LogP contribution in [0, 0.1) is 6.92 Å². The van der Waals surface area contributed by atoms with Gasteiger partial charge in [-0.05, 0) is 36.8 Å². The molecule has 23 heavy (non-hydrogen) atoms. The van der Waals surface area contributed by atoms with Crippen molar-refractivity contribution in [3.05, 3.63) is 71.7 Å². The standard InChI is InChI=1S/C17H18N4O2/c1-13-3-8-16(23-13)10-20(2)17(22)15-6-4-14(5-7-15)9-21-12-18-11-19-21/h3-8,11-12H,9-10H2,1-2H3. The van der Waals surface area contributed by atoms with Gasteiger partial charge in [-0.3, -0.25) is 4.79 Å². The van der Waals surface area contributed by atoms with Gasteiger partial charge in [0.25, 0.3) is 5.91 Å². The predicted octanol–water partition coefficient (Wildman–Crippen LogP) is 2.50. The van der Waals surface area contributed by atoms with Gasteiger partial charge in [-0.1, -0.05) is 12.1 Å². The lowest BCUT2D eigenvalue weighted by Gasteiger charge is -2.16. The Morgan fingerprint density at radius 2 is 2.00 bits per heavy atom. The second-order valence-corrected chi connectivity index (χ2v) is 5.46. The minimum absolute atomic E-state index is 0.0358. The van der Waals surface area contributed by atoms with Crippen molar-refractivity contribution in [3.63, 3.8) is 0 Å². The second-order valence-electron chi connectivity index (χ2n) is 5.46. The first-order valence-corrected chi connectivity index (χ1v) is 7.34. The molecule has 1 amide bonds. The van der Waals surface area contributed by atoms with Crippen molar-refractivity contribution in [1.29, 1.82) is 0 Å². The molecule has 1 aromatic carbocycles. The van der Waals surface area contributed by atoms with E-state index in [0.29, 0.717) is 18.7 Å². The summed E-state index contributed by atoms with van der Waals surface area (Å²) in [6.07, 6.45) is 3.17. The van der Waals surface area contributed by atoms with Crippen LogP contribution in [-0.4, -0.2) is 32.6 Å². The molecule has 0 radical (unpaired) electrons. The maximum absolute atomic E-state index is 12.4. The third-order valence-corrected chi connectivity index (χ3v) is 3.55. The van der Waals surface area contributed by atoms with Crippen molar-refractivity contribution >= 4 is 5.91 Å². The van der Waals surface area contributed by atoms with Gasteiger partial charge in [0.2, 0.25) is 0 Å². The topological polar surface area (TPSA) is 64.2 Å². The lowest BCUT2D eigenvalue weighted by molar-refractivity contribution is 0.0775. The first kappa shape index (κ1) is 15.0. The Kier molecular flexibility index (Phi) is 4.23. The van der Waals surface area contributed by atoms with E-state index in [1.165, 1.54) is 6.33 Å². The highest BCUT2D eigenvalue weighted by molar-refractivity contribution is 5.94. The third-order valence-electron chi connectivity index (χ3n) is 3.55. The van der Waals surface area contributed by atoms with Gasteiger partial charge in [-0.2, -0.15) is 5.10 Å². The zero-order valence-electron chi connectivity index (χ0n) is 13.1. The largest absolute Gasteiger partial charge is 0.464 e. The van der Waals surface area contributed by atoms with Crippen molar-refractivity contribution < 1.29 is 9.21 Å². The Bertz CT molecular complexity index is 775. The lowest BCUT2D eigenvalue weighted by Crippen LogP contribution is -2.26. The molecular weight excluding hydrogens is 292 g/mol. The van der Waals surface area contributed by atoms with Crippen molar-refractivity contribution in [1.82, 2.24) is 19.7 Å². The zero-order valence-corrected chi connectivity index (χ0v) is 13.1. The highest BCUT2D eigenvalue weighted by Gasteiger charge is 2.13. The molecule has 0 aliphatic rings.